The summed E-state index contributed by atoms with van der Waals surface area (Å²) in [7, 11) is 1.97. The van der Waals surface area contributed by atoms with Crippen molar-refractivity contribution in [2.45, 2.75) is 60.0 Å². The van der Waals surface area contributed by atoms with E-state index in [0.29, 0.717) is 6.10 Å². The summed E-state index contributed by atoms with van der Waals surface area (Å²) in [6, 6.07) is 0. The summed E-state index contributed by atoms with van der Waals surface area (Å²) in [5.74, 6) is 0.787. The van der Waals surface area contributed by atoms with Gasteiger partial charge in [0.2, 0.25) is 0 Å². The molecule has 23 heavy (non-hydrogen) atoms. The molecular formula is C19H43N3O. The van der Waals surface area contributed by atoms with Crippen LogP contribution in [0.1, 0.15) is 53.9 Å². The van der Waals surface area contributed by atoms with Crippen LogP contribution in [0, 0.1) is 5.92 Å². The fraction of sp³-hybridized carbons (Fsp3) is 1.00. The van der Waals surface area contributed by atoms with Crippen LogP contribution in [0.3, 0.4) is 0 Å². The van der Waals surface area contributed by atoms with Crippen LogP contribution in [0.5, 0.6) is 0 Å². The van der Waals surface area contributed by atoms with E-state index in [1.165, 1.54) is 52.0 Å². The van der Waals surface area contributed by atoms with Gasteiger partial charge in [0.05, 0.1) is 12.7 Å². The van der Waals surface area contributed by atoms with Gasteiger partial charge in [0.1, 0.15) is 0 Å². The fourth-order valence-corrected chi connectivity index (χ4v) is 2.62. The van der Waals surface area contributed by atoms with Gasteiger partial charge in [-0.25, -0.2) is 0 Å². The molecule has 0 aromatic heterocycles. The Morgan fingerprint density at radius 1 is 1.04 bits per heavy atom. The van der Waals surface area contributed by atoms with Crippen molar-refractivity contribution in [1.82, 2.24) is 15.1 Å². The summed E-state index contributed by atoms with van der Waals surface area (Å²) in [4.78, 5) is 5.05. The van der Waals surface area contributed by atoms with Gasteiger partial charge >= 0.3 is 0 Å². The lowest BCUT2D eigenvalue weighted by atomic mass is 9.96. The van der Waals surface area contributed by atoms with Crippen molar-refractivity contribution in [1.29, 1.82) is 0 Å². The third-order valence-electron chi connectivity index (χ3n) is 4.34. The molecule has 1 saturated carbocycles. The van der Waals surface area contributed by atoms with E-state index in [1.54, 1.807) is 0 Å². The molecule has 0 aromatic rings. The van der Waals surface area contributed by atoms with E-state index < -0.39 is 0 Å². The van der Waals surface area contributed by atoms with Gasteiger partial charge in [0, 0.05) is 32.7 Å². The molecule has 140 valence electrons. The number of ether oxygens (including phenoxy) is 1. The van der Waals surface area contributed by atoms with Crippen LogP contribution in [0.4, 0.5) is 0 Å². The van der Waals surface area contributed by atoms with Crippen molar-refractivity contribution in [3.63, 3.8) is 0 Å². The molecule has 0 atom stereocenters. The maximum absolute atomic E-state index is 5.78. The number of piperazine rings is 1. The standard InChI is InChI=1S/C12H24N2O.C5H13N.C2H6/c1-2-13-6-8-14(9-7-13)10-11-15-12-4-3-5-12;1-5(2)4-6-3;1-2/h12H,2-11H2,1H3;5-6H,4H2,1-3H3;1-2H3. The van der Waals surface area contributed by atoms with Crippen LogP contribution in [0.25, 0.3) is 0 Å². The van der Waals surface area contributed by atoms with Gasteiger partial charge in [0.25, 0.3) is 0 Å². The first-order valence-electron chi connectivity index (χ1n) is 9.86. The minimum absolute atomic E-state index is 0.599. The Morgan fingerprint density at radius 2 is 1.61 bits per heavy atom. The lowest BCUT2D eigenvalue weighted by molar-refractivity contribution is -0.0119. The molecule has 0 aromatic carbocycles. The fourth-order valence-electron chi connectivity index (χ4n) is 2.62. The highest BCUT2D eigenvalue weighted by atomic mass is 16.5. The Hall–Kier alpha value is -0.160. The van der Waals surface area contributed by atoms with Crippen LogP contribution in [-0.4, -0.2) is 75.4 Å². The Labute approximate surface area is 145 Å². The lowest BCUT2D eigenvalue weighted by Crippen LogP contribution is -2.47. The Bertz CT molecular complexity index is 237. The molecular weight excluding hydrogens is 286 g/mol. The van der Waals surface area contributed by atoms with Crippen molar-refractivity contribution in [3.8, 4) is 0 Å². The van der Waals surface area contributed by atoms with E-state index in [-0.39, 0.29) is 0 Å². The van der Waals surface area contributed by atoms with Crippen LogP contribution in [0.15, 0.2) is 0 Å². The topological polar surface area (TPSA) is 27.7 Å². The summed E-state index contributed by atoms with van der Waals surface area (Å²) < 4.78 is 5.78. The summed E-state index contributed by atoms with van der Waals surface area (Å²) in [5, 5.41) is 3.07. The monoisotopic (exact) mass is 329 g/mol. The summed E-state index contributed by atoms with van der Waals surface area (Å²) in [6.07, 6.45) is 4.56. The SMILES string of the molecule is CC.CCN1CCN(CCOC2CCC2)CC1.CNCC(C)C. The highest BCUT2D eigenvalue weighted by molar-refractivity contribution is 4.72. The average molecular weight is 330 g/mol. The van der Waals surface area contributed by atoms with Gasteiger partial charge in [-0.2, -0.15) is 0 Å². The second-order valence-corrected chi connectivity index (χ2v) is 6.65. The average Bonchev–Trinajstić information content (AvgIpc) is 2.53. The first-order valence-corrected chi connectivity index (χ1v) is 9.86. The van der Waals surface area contributed by atoms with Gasteiger partial charge in [0.15, 0.2) is 0 Å². The molecule has 0 unspecified atom stereocenters. The van der Waals surface area contributed by atoms with Gasteiger partial charge in [-0.1, -0.05) is 34.6 Å². The quantitative estimate of drug-likeness (QED) is 0.777. The third-order valence-corrected chi connectivity index (χ3v) is 4.34. The number of likely N-dealkylation sites (N-methyl/N-ethyl adjacent to an activating group) is 1. The zero-order valence-electron chi connectivity index (χ0n) is 16.7. The summed E-state index contributed by atoms with van der Waals surface area (Å²) >= 11 is 0. The van der Waals surface area contributed by atoms with E-state index in [1.807, 2.05) is 20.9 Å². The maximum Gasteiger partial charge on any atom is 0.0597 e. The molecule has 4 heteroatoms. The molecule has 1 aliphatic heterocycles. The normalized spacial score (nSPS) is 19.4. The third kappa shape index (κ3) is 11.9. The number of hydrogen-bond donors (Lipinski definition) is 1. The Balaban J connectivity index is 0.000000515. The highest BCUT2D eigenvalue weighted by Gasteiger charge is 2.19. The molecule has 2 rings (SSSR count). The van der Waals surface area contributed by atoms with Crippen molar-refractivity contribution >= 4 is 0 Å². The van der Waals surface area contributed by atoms with Crippen molar-refractivity contribution in [2.24, 2.45) is 5.92 Å². The minimum atomic E-state index is 0.599. The zero-order valence-corrected chi connectivity index (χ0v) is 16.7. The molecule has 1 N–H and O–H groups in total. The van der Waals surface area contributed by atoms with E-state index in [4.69, 9.17) is 4.74 Å². The molecule has 0 spiro atoms. The molecule has 4 nitrogen and oxygen atoms in total. The molecule has 2 aliphatic rings. The lowest BCUT2D eigenvalue weighted by Gasteiger charge is -2.34. The smallest absolute Gasteiger partial charge is 0.0597 e. The van der Waals surface area contributed by atoms with E-state index >= 15 is 0 Å². The van der Waals surface area contributed by atoms with Crippen molar-refractivity contribution < 1.29 is 4.74 Å². The number of hydrogen-bond acceptors (Lipinski definition) is 4. The van der Waals surface area contributed by atoms with Gasteiger partial charge in [-0.3, -0.25) is 4.90 Å². The molecule has 0 radical (unpaired) electrons. The summed E-state index contributed by atoms with van der Waals surface area (Å²) in [5.41, 5.74) is 0. The molecule has 1 saturated heterocycles. The van der Waals surface area contributed by atoms with Crippen LogP contribution < -0.4 is 5.32 Å². The molecule has 1 heterocycles. The maximum atomic E-state index is 5.78. The second kappa shape index (κ2) is 15.4. The largest absolute Gasteiger partial charge is 0.377 e. The number of nitrogens with one attached hydrogen (secondary N) is 1. The predicted molar refractivity (Wildman–Crippen MR) is 102 cm³/mol. The van der Waals surface area contributed by atoms with E-state index in [9.17, 15) is 0 Å². The Kier molecular flexibility index (Phi) is 15.3. The second-order valence-electron chi connectivity index (χ2n) is 6.65. The highest BCUT2D eigenvalue weighted by Crippen LogP contribution is 2.21. The van der Waals surface area contributed by atoms with Gasteiger partial charge < -0.3 is 15.0 Å². The molecule has 0 bridgehead atoms. The molecule has 1 aliphatic carbocycles. The molecule has 2 fully saturated rings. The van der Waals surface area contributed by atoms with Crippen LogP contribution >= 0.6 is 0 Å². The van der Waals surface area contributed by atoms with Gasteiger partial charge in [-0.05, 0) is 45.3 Å². The van der Waals surface area contributed by atoms with E-state index in [2.05, 4.69) is 35.9 Å². The van der Waals surface area contributed by atoms with Gasteiger partial charge in [-0.15, -0.1) is 0 Å². The zero-order chi connectivity index (χ0) is 17.5. The number of rotatable bonds is 7. The van der Waals surface area contributed by atoms with Crippen molar-refractivity contribution in [3.05, 3.63) is 0 Å². The van der Waals surface area contributed by atoms with Crippen molar-refractivity contribution in [2.75, 3.05) is 59.5 Å². The Morgan fingerprint density at radius 3 is 1.96 bits per heavy atom. The first-order chi connectivity index (χ1) is 11.2. The minimum Gasteiger partial charge on any atom is -0.377 e. The van der Waals surface area contributed by atoms with Crippen LogP contribution in [-0.2, 0) is 4.74 Å². The van der Waals surface area contributed by atoms with Crippen LogP contribution in [0.2, 0.25) is 0 Å². The predicted octanol–water partition coefficient (Wildman–Crippen LogP) is 3.08. The summed E-state index contributed by atoms with van der Waals surface area (Å²) in [6.45, 7) is 19.9. The van der Waals surface area contributed by atoms with E-state index in [0.717, 1.165) is 25.6 Å². The number of nitrogens with zero attached hydrogens (tertiary/aromatic N) is 2. The molecule has 0 amide bonds. The first kappa shape index (κ1) is 22.8.